The van der Waals surface area contributed by atoms with E-state index in [2.05, 4.69) is 6.58 Å². The number of carbonyl (C=O) groups is 1. The summed E-state index contributed by atoms with van der Waals surface area (Å²) >= 11 is 0. The Balaban J connectivity index is 3.37. The van der Waals surface area contributed by atoms with Gasteiger partial charge in [0.25, 0.3) is 5.69 Å². The third-order valence-corrected chi connectivity index (χ3v) is 1.76. The second-order valence-corrected chi connectivity index (χ2v) is 2.74. The van der Waals surface area contributed by atoms with Crippen molar-refractivity contribution in [1.82, 2.24) is 0 Å². The molecule has 0 radical (unpaired) electrons. The molecule has 6 heteroatoms. The summed E-state index contributed by atoms with van der Waals surface area (Å²) < 4.78 is 0. The predicted octanol–water partition coefficient (Wildman–Crippen LogP) is 1.40. The lowest BCUT2D eigenvalue weighted by Gasteiger charge is -2.02. The maximum absolute atomic E-state index is 10.6. The SMILES string of the molecule is C=C(C(=O)O)c1cc(O)ccc1[N+](=O)[O-]. The zero-order valence-electron chi connectivity index (χ0n) is 7.51. The molecule has 0 heterocycles. The van der Waals surface area contributed by atoms with Crippen LogP contribution >= 0.6 is 0 Å². The van der Waals surface area contributed by atoms with Crippen molar-refractivity contribution in [3.05, 3.63) is 40.5 Å². The monoisotopic (exact) mass is 209 g/mol. The average molecular weight is 209 g/mol. The van der Waals surface area contributed by atoms with Gasteiger partial charge in [-0.15, -0.1) is 0 Å². The summed E-state index contributed by atoms with van der Waals surface area (Å²) in [7, 11) is 0. The van der Waals surface area contributed by atoms with E-state index < -0.39 is 22.2 Å². The van der Waals surface area contributed by atoms with E-state index in [0.717, 1.165) is 18.2 Å². The Bertz CT molecular complexity index is 452. The number of nitrogens with zero attached hydrogens (tertiary/aromatic N) is 1. The summed E-state index contributed by atoms with van der Waals surface area (Å²) in [5.74, 6) is -1.62. The van der Waals surface area contributed by atoms with Crippen LogP contribution in [-0.2, 0) is 4.79 Å². The first-order chi connectivity index (χ1) is 6.93. The van der Waals surface area contributed by atoms with Crippen LogP contribution in [0.1, 0.15) is 5.56 Å². The van der Waals surface area contributed by atoms with Crippen LogP contribution in [0, 0.1) is 10.1 Å². The van der Waals surface area contributed by atoms with Gasteiger partial charge in [0.15, 0.2) is 0 Å². The average Bonchev–Trinajstić information content (AvgIpc) is 2.15. The highest BCUT2D eigenvalue weighted by Gasteiger charge is 2.20. The van der Waals surface area contributed by atoms with E-state index >= 15 is 0 Å². The fraction of sp³-hybridized carbons (Fsp3) is 0. The minimum absolute atomic E-state index is 0.201. The summed E-state index contributed by atoms with van der Waals surface area (Å²) in [5.41, 5.74) is -1.04. The Kier molecular flexibility index (Phi) is 2.70. The molecule has 1 aromatic rings. The van der Waals surface area contributed by atoms with E-state index in [1.165, 1.54) is 0 Å². The molecular formula is C9H7NO5. The molecule has 1 rings (SSSR count). The number of carboxylic acids is 1. The molecule has 0 aliphatic carbocycles. The van der Waals surface area contributed by atoms with Crippen molar-refractivity contribution in [1.29, 1.82) is 0 Å². The largest absolute Gasteiger partial charge is 0.508 e. The van der Waals surface area contributed by atoms with E-state index in [-0.39, 0.29) is 11.3 Å². The second-order valence-electron chi connectivity index (χ2n) is 2.74. The molecule has 1 aromatic carbocycles. The van der Waals surface area contributed by atoms with Gasteiger partial charge < -0.3 is 10.2 Å². The van der Waals surface area contributed by atoms with Crippen molar-refractivity contribution < 1.29 is 19.9 Å². The van der Waals surface area contributed by atoms with Gasteiger partial charge in [-0.1, -0.05) is 6.58 Å². The van der Waals surface area contributed by atoms with Gasteiger partial charge in [0.05, 0.1) is 16.1 Å². The van der Waals surface area contributed by atoms with E-state index in [1.807, 2.05) is 0 Å². The molecule has 2 N–H and O–H groups in total. The molecule has 0 spiro atoms. The molecule has 15 heavy (non-hydrogen) atoms. The molecule has 0 saturated heterocycles. The summed E-state index contributed by atoms with van der Waals surface area (Å²) in [4.78, 5) is 20.4. The van der Waals surface area contributed by atoms with Crippen LogP contribution in [0.2, 0.25) is 0 Å². The van der Waals surface area contributed by atoms with Crippen molar-refractivity contribution in [2.45, 2.75) is 0 Å². The number of hydrogen-bond acceptors (Lipinski definition) is 4. The number of benzene rings is 1. The van der Waals surface area contributed by atoms with Gasteiger partial charge in [-0.2, -0.15) is 0 Å². The van der Waals surface area contributed by atoms with E-state index in [1.54, 1.807) is 0 Å². The van der Waals surface area contributed by atoms with Crippen LogP contribution in [0.15, 0.2) is 24.8 Å². The number of nitro benzene ring substituents is 1. The third-order valence-electron chi connectivity index (χ3n) is 1.76. The molecule has 0 unspecified atom stereocenters. The topological polar surface area (TPSA) is 101 Å². The first-order valence-corrected chi connectivity index (χ1v) is 3.83. The number of aliphatic carboxylic acids is 1. The molecule has 0 fully saturated rings. The lowest BCUT2D eigenvalue weighted by atomic mass is 10.1. The molecule has 0 saturated carbocycles. The van der Waals surface area contributed by atoms with Gasteiger partial charge in [0.2, 0.25) is 0 Å². The minimum atomic E-state index is -1.37. The smallest absolute Gasteiger partial charge is 0.335 e. The molecule has 0 aliphatic rings. The number of rotatable bonds is 3. The van der Waals surface area contributed by atoms with Crippen LogP contribution in [0.25, 0.3) is 5.57 Å². The normalized spacial score (nSPS) is 9.60. The third kappa shape index (κ3) is 2.11. The van der Waals surface area contributed by atoms with Crippen LogP contribution in [0.4, 0.5) is 5.69 Å². The van der Waals surface area contributed by atoms with Gasteiger partial charge in [-0.25, -0.2) is 4.79 Å². The van der Waals surface area contributed by atoms with Crippen molar-refractivity contribution in [2.75, 3.05) is 0 Å². The fourth-order valence-corrected chi connectivity index (χ4v) is 1.04. The molecule has 0 aromatic heterocycles. The van der Waals surface area contributed by atoms with Crippen LogP contribution in [0.5, 0.6) is 5.75 Å². The first-order valence-electron chi connectivity index (χ1n) is 3.83. The summed E-state index contributed by atoms with van der Waals surface area (Å²) in [6.07, 6.45) is 0. The Morgan fingerprint density at radius 3 is 2.53 bits per heavy atom. The second kappa shape index (κ2) is 3.79. The van der Waals surface area contributed by atoms with Crippen molar-refractivity contribution in [2.24, 2.45) is 0 Å². The number of aromatic hydroxyl groups is 1. The highest BCUT2D eigenvalue weighted by atomic mass is 16.6. The minimum Gasteiger partial charge on any atom is -0.508 e. The Morgan fingerprint density at radius 2 is 2.07 bits per heavy atom. The van der Waals surface area contributed by atoms with E-state index in [9.17, 15) is 14.9 Å². The molecule has 0 aliphatic heterocycles. The highest BCUT2D eigenvalue weighted by Crippen LogP contribution is 2.28. The summed E-state index contributed by atoms with van der Waals surface area (Å²) in [6.45, 7) is 3.19. The van der Waals surface area contributed by atoms with Crippen molar-refractivity contribution in [3.63, 3.8) is 0 Å². The molecule has 0 amide bonds. The number of carboxylic acid groups (broad SMARTS) is 1. The van der Waals surface area contributed by atoms with E-state index in [0.29, 0.717) is 0 Å². The van der Waals surface area contributed by atoms with Crippen LogP contribution in [-0.4, -0.2) is 21.1 Å². The molecule has 78 valence electrons. The number of phenols is 1. The Morgan fingerprint density at radius 1 is 1.47 bits per heavy atom. The number of hydrogen-bond donors (Lipinski definition) is 2. The Labute approximate surface area is 84.2 Å². The maximum atomic E-state index is 10.6. The van der Waals surface area contributed by atoms with Gasteiger partial charge in [0.1, 0.15) is 5.75 Å². The van der Waals surface area contributed by atoms with Gasteiger partial charge >= 0.3 is 5.97 Å². The first kappa shape index (κ1) is 10.7. The number of phenolic OH excluding ortho intramolecular Hbond substituents is 1. The molecule has 6 nitrogen and oxygen atoms in total. The maximum Gasteiger partial charge on any atom is 0.335 e. The zero-order valence-corrected chi connectivity index (χ0v) is 7.51. The van der Waals surface area contributed by atoms with Gasteiger partial charge in [-0.05, 0) is 12.1 Å². The van der Waals surface area contributed by atoms with Gasteiger partial charge in [-0.3, -0.25) is 10.1 Å². The zero-order chi connectivity index (χ0) is 11.6. The molecule has 0 atom stereocenters. The van der Waals surface area contributed by atoms with Crippen molar-refractivity contribution >= 4 is 17.2 Å². The van der Waals surface area contributed by atoms with Crippen molar-refractivity contribution in [3.8, 4) is 5.75 Å². The molecular weight excluding hydrogens is 202 g/mol. The highest BCUT2D eigenvalue weighted by molar-refractivity contribution is 6.15. The standard InChI is InChI=1S/C9H7NO5/c1-5(9(12)13)7-4-6(11)2-3-8(7)10(14)15/h2-4,11H,1H2,(H,12,13). The lowest BCUT2D eigenvalue weighted by Crippen LogP contribution is -2.01. The summed E-state index contributed by atoms with van der Waals surface area (Å²) in [6, 6.07) is 3.13. The predicted molar refractivity (Wildman–Crippen MR) is 51.4 cm³/mol. The van der Waals surface area contributed by atoms with Crippen LogP contribution < -0.4 is 0 Å². The quantitative estimate of drug-likeness (QED) is 0.445. The fourth-order valence-electron chi connectivity index (χ4n) is 1.04. The summed E-state index contributed by atoms with van der Waals surface area (Å²) in [5, 5.41) is 28.3. The van der Waals surface area contributed by atoms with E-state index in [4.69, 9.17) is 10.2 Å². The lowest BCUT2D eigenvalue weighted by molar-refractivity contribution is -0.385. The molecule has 0 bridgehead atoms. The number of nitro groups is 1. The Hall–Kier alpha value is -2.37. The van der Waals surface area contributed by atoms with Crippen LogP contribution in [0.3, 0.4) is 0 Å². The van der Waals surface area contributed by atoms with Gasteiger partial charge in [0, 0.05) is 6.07 Å².